The van der Waals surface area contributed by atoms with E-state index in [0.29, 0.717) is 6.54 Å². The fourth-order valence-corrected chi connectivity index (χ4v) is 3.13. The van der Waals surface area contributed by atoms with Crippen LogP contribution in [0.15, 0.2) is 48.5 Å². The monoisotopic (exact) mass is 367 g/mol. The fourth-order valence-electron chi connectivity index (χ4n) is 3.13. The molecule has 2 aromatic rings. The summed E-state index contributed by atoms with van der Waals surface area (Å²) in [7, 11) is 0. The molecule has 144 valence electrons. The Morgan fingerprint density at radius 3 is 2.22 bits per heavy atom. The number of hydrogen-bond acceptors (Lipinski definition) is 3. The van der Waals surface area contributed by atoms with Crippen molar-refractivity contribution in [3.8, 4) is 0 Å². The van der Waals surface area contributed by atoms with E-state index >= 15 is 0 Å². The first-order chi connectivity index (χ1) is 13.0. The molecule has 0 atom stereocenters. The van der Waals surface area contributed by atoms with Gasteiger partial charge in [0.05, 0.1) is 0 Å². The Hall–Kier alpha value is -2.82. The summed E-state index contributed by atoms with van der Waals surface area (Å²) in [6.07, 6.45) is 0.242. The molecule has 0 radical (unpaired) electrons. The number of aryl methyl sites for hydroxylation is 1. The summed E-state index contributed by atoms with van der Waals surface area (Å²) in [4.78, 5) is 28.3. The molecule has 0 saturated carbocycles. The highest BCUT2D eigenvalue weighted by Gasteiger charge is 2.16. The summed E-state index contributed by atoms with van der Waals surface area (Å²) in [6, 6.07) is 15.4. The molecule has 0 aliphatic carbocycles. The molecule has 1 N–H and O–H groups in total. The lowest BCUT2D eigenvalue weighted by Gasteiger charge is -2.26. The third kappa shape index (κ3) is 5.58. The van der Waals surface area contributed by atoms with Crippen LogP contribution in [-0.2, 0) is 9.59 Å². The maximum absolute atomic E-state index is 12.2. The third-order valence-electron chi connectivity index (χ3n) is 4.60. The predicted octanol–water partition coefficient (Wildman–Crippen LogP) is 4.22. The predicted molar refractivity (Wildman–Crippen MR) is 112 cm³/mol. The van der Waals surface area contributed by atoms with Crippen LogP contribution in [0.5, 0.6) is 0 Å². The Morgan fingerprint density at radius 2 is 1.67 bits per heavy atom. The van der Waals surface area contributed by atoms with Gasteiger partial charge in [0.2, 0.25) is 11.8 Å². The van der Waals surface area contributed by atoms with E-state index < -0.39 is 0 Å². The summed E-state index contributed by atoms with van der Waals surface area (Å²) in [5, 5.41) is 2.86. The summed E-state index contributed by atoms with van der Waals surface area (Å²) >= 11 is 0. The molecule has 0 spiro atoms. The molecule has 0 heterocycles. The largest absolute Gasteiger partial charge is 0.372 e. The molecule has 0 aliphatic rings. The van der Waals surface area contributed by atoms with Crippen LogP contribution in [0.3, 0.4) is 0 Å². The second-order valence-electron chi connectivity index (χ2n) is 6.48. The average Bonchev–Trinajstić information content (AvgIpc) is 2.65. The lowest BCUT2D eigenvalue weighted by Crippen LogP contribution is -2.32. The maximum Gasteiger partial charge on any atom is 0.226 e. The minimum Gasteiger partial charge on any atom is -0.372 e. The zero-order valence-corrected chi connectivity index (χ0v) is 16.7. The zero-order valence-electron chi connectivity index (χ0n) is 16.7. The molecule has 2 amide bonds. The second-order valence-corrected chi connectivity index (χ2v) is 6.48. The van der Waals surface area contributed by atoms with E-state index in [1.54, 1.807) is 4.90 Å². The molecule has 0 fully saturated rings. The van der Waals surface area contributed by atoms with Crippen LogP contribution in [0.25, 0.3) is 0 Å². The fraction of sp³-hybridized carbons (Fsp3) is 0.364. The van der Waals surface area contributed by atoms with E-state index in [0.717, 1.165) is 35.7 Å². The molecule has 2 aromatic carbocycles. The van der Waals surface area contributed by atoms with Gasteiger partial charge in [0.1, 0.15) is 0 Å². The molecule has 0 bridgehead atoms. The Kier molecular flexibility index (Phi) is 7.41. The van der Waals surface area contributed by atoms with Crippen molar-refractivity contribution in [2.75, 3.05) is 34.8 Å². The van der Waals surface area contributed by atoms with E-state index in [4.69, 9.17) is 0 Å². The summed E-state index contributed by atoms with van der Waals surface area (Å²) in [5.74, 6) is -0.175. The van der Waals surface area contributed by atoms with Crippen LogP contribution in [0, 0.1) is 6.92 Å². The molecule has 2 rings (SSSR count). The maximum atomic E-state index is 12.2. The van der Waals surface area contributed by atoms with Crippen molar-refractivity contribution < 1.29 is 9.59 Å². The number of anilines is 3. The Labute approximate surface area is 162 Å². The highest BCUT2D eigenvalue weighted by molar-refractivity contribution is 5.95. The molecule has 0 saturated heterocycles. The number of amides is 2. The van der Waals surface area contributed by atoms with Crippen molar-refractivity contribution in [2.45, 2.75) is 34.1 Å². The van der Waals surface area contributed by atoms with E-state index in [1.165, 1.54) is 6.92 Å². The normalized spacial score (nSPS) is 10.4. The molecule has 0 aliphatic heterocycles. The smallest absolute Gasteiger partial charge is 0.226 e. The number of benzene rings is 2. The Bertz CT molecular complexity index is 770. The van der Waals surface area contributed by atoms with Crippen molar-refractivity contribution in [3.05, 3.63) is 54.1 Å². The number of hydrogen-bond donors (Lipinski definition) is 1. The lowest BCUT2D eigenvalue weighted by atomic mass is 10.1. The summed E-state index contributed by atoms with van der Waals surface area (Å²) < 4.78 is 0. The highest BCUT2D eigenvalue weighted by atomic mass is 16.2. The third-order valence-corrected chi connectivity index (χ3v) is 4.60. The highest BCUT2D eigenvalue weighted by Crippen LogP contribution is 2.26. The van der Waals surface area contributed by atoms with Crippen molar-refractivity contribution in [3.63, 3.8) is 0 Å². The summed E-state index contributed by atoms with van der Waals surface area (Å²) in [6.45, 7) is 10.0. The van der Waals surface area contributed by atoms with Crippen LogP contribution in [0.4, 0.5) is 17.1 Å². The van der Waals surface area contributed by atoms with Crippen LogP contribution in [0.2, 0.25) is 0 Å². The van der Waals surface area contributed by atoms with E-state index in [1.807, 2.05) is 49.4 Å². The van der Waals surface area contributed by atoms with E-state index in [-0.39, 0.29) is 18.2 Å². The minimum atomic E-state index is -0.107. The van der Waals surface area contributed by atoms with Gasteiger partial charge in [-0.05, 0) is 56.7 Å². The van der Waals surface area contributed by atoms with Crippen LogP contribution < -0.4 is 15.1 Å². The summed E-state index contributed by atoms with van der Waals surface area (Å²) in [5.41, 5.74) is 3.78. The van der Waals surface area contributed by atoms with Gasteiger partial charge in [0.25, 0.3) is 0 Å². The average molecular weight is 367 g/mol. The first-order valence-electron chi connectivity index (χ1n) is 9.44. The zero-order chi connectivity index (χ0) is 19.8. The van der Waals surface area contributed by atoms with Gasteiger partial charge >= 0.3 is 0 Å². The number of nitrogens with zero attached hydrogens (tertiary/aromatic N) is 2. The Morgan fingerprint density at radius 1 is 1.00 bits per heavy atom. The van der Waals surface area contributed by atoms with E-state index in [2.05, 4.69) is 30.1 Å². The van der Waals surface area contributed by atoms with Gasteiger partial charge in [-0.3, -0.25) is 9.59 Å². The standard InChI is InChI=1S/C22H29N3O2/c1-5-24(6-2)20-12-13-21(17(3)16-20)25(18(4)26)15-14-22(27)23-19-10-8-7-9-11-19/h7-13,16H,5-6,14-15H2,1-4H3,(H,23,27). The molecule has 0 unspecified atom stereocenters. The molecule has 5 nitrogen and oxygen atoms in total. The number of rotatable bonds is 8. The van der Waals surface area contributed by atoms with Crippen LogP contribution in [-0.4, -0.2) is 31.4 Å². The van der Waals surface area contributed by atoms with Gasteiger partial charge in [-0.15, -0.1) is 0 Å². The van der Waals surface area contributed by atoms with Gasteiger partial charge in [-0.1, -0.05) is 18.2 Å². The topological polar surface area (TPSA) is 52.6 Å². The number of para-hydroxylation sites is 1. The number of nitrogens with one attached hydrogen (secondary N) is 1. The Balaban J connectivity index is 2.08. The lowest BCUT2D eigenvalue weighted by molar-refractivity contribution is -0.117. The second kappa shape index (κ2) is 9.76. The van der Waals surface area contributed by atoms with Crippen LogP contribution >= 0.6 is 0 Å². The number of carbonyl (C=O) groups excluding carboxylic acids is 2. The van der Waals surface area contributed by atoms with Crippen molar-refractivity contribution in [1.82, 2.24) is 0 Å². The number of carbonyl (C=O) groups is 2. The minimum absolute atomic E-state index is 0.0683. The van der Waals surface area contributed by atoms with Gasteiger partial charge in [0.15, 0.2) is 0 Å². The molecule has 5 heteroatoms. The van der Waals surface area contributed by atoms with Gasteiger partial charge in [-0.25, -0.2) is 0 Å². The van der Waals surface area contributed by atoms with Crippen molar-refractivity contribution >= 4 is 28.9 Å². The van der Waals surface area contributed by atoms with E-state index in [9.17, 15) is 9.59 Å². The SMILES string of the molecule is CCN(CC)c1ccc(N(CCC(=O)Nc2ccccc2)C(C)=O)c(C)c1. The molecular formula is C22H29N3O2. The van der Waals surface area contributed by atoms with Crippen LogP contribution in [0.1, 0.15) is 32.8 Å². The molecule has 0 aromatic heterocycles. The van der Waals surface area contributed by atoms with Crippen molar-refractivity contribution in [1.29, 1.82) is 0 Å². The molecule has 27 heavy (non-hydrogen) atoms. The van der Waals surface area contributed by atoms with Gasteiger partial charge < -0.3 is 15.1 Å². The van der Waals surface area contributed by atoms with Gasteiger partial charge in [-0.2, -0.15) is 0 Å². The first kappa shape index (κ1) is 20.5. The van der Waals surface area contributed by atoms with Gasteiger partial charge in [0, 0.05) is 50.0 Å². The van der Waals surface area contributed by atoms with Crippen molar-refractivity contribution in [2.24, 2.45) is 0 Å². The quantitative estimate of drug-likeness (QED) is 0.760. The molecular weight excluding hydrogens is 338 g/mol. The first-order valence-corrected chi connectivity index (χ1v) is 9.44.